The van der Waals surface area contributed by atoms with E-state index in [-0.39, 0.29) is 0 Å². The van der Waals surface area contributed by atoms with Crippen molar-refractivity contribution in [3.05, 3.63) is 35.5 Å². The van der Waals surface area contributed by atoms with Crippen LogP contribution in [0, 0.1) is 5.92 Å². The van der Waals surface area contributed by atoms with Crippen molar-refractivity contribution in [2.45, 2.75) is 38.1 Å². The van der Waals surface area contributed by atoms with Gasteiger partial charge < -0.3 is 9.72 Å². The van der Waals surface area contributed by atoms with Crippen LogP contribution in [0.1, 0.15) is 36.8 Å². The number of aromatic amines is 1. The predicted octanol–water partition coefficient (Wildman–Crippen LogP) is 3.55. The maximum atomic E-state index is 5.48. The van der Waals surface area contributed by atoms with Crippen LogP contribution in [0.2, 0.25) is 0 Å². The zero-order chi connectivity index (χ0) is 15.1. The van der Waals surface area contributed by atoms with Crippen molar-refractivity contribution in [1.82, 2.24) is 9.88 Å². The maximum absolute atomic E-state index is 5.48. The number of hydrogen-bond donors (Lipinski definition) is 1. The Morgan fingerprint density at radius 3 is 3.09 bits per heavy atom. The molecule has 1 aliphatic carbocycles. The van der Waals surface area contributed by atoms with Crippen molar-refractivity contribution in [2.75, 3.05) is 26.8 Å². The molecule has 0 amide bonds. The minimum absolute atomic E-state index is 0.660. The molecule has 1 fully saturated rings. The molecule has 2 aromatic rings. The van der Waals surface area contributed by atoms with E-state index in [9.17, 15) is 0 Å². The number of aromatic nitrogens is 1. The molecule has 2 aliphatic rings. The third kappa shape index (κ3) is 2.19. The third-order valence-electron chi connectivity index (χ3n) is 5.57. The summed E-state index contributed by atoms with van der Waals surface area (Å²) >= 11 is 0. The van der Waals surface area contributed by atoms with Crippen molar-refractivity contribution >= 4 is 10.9 Å². The summed E-state index contributed by atoms with van der Waals surface area (Å²) in [5.74, 6) is 1.32. The number of fused-ring (bicyclic) bond motifs is 2. The molecule has 118 valence electrons. The Morgan fingerprint density at radius 2 is 2.27 bits per heavy atom. The van der Waals surface area contributed by atoms with Gasteiger partial charge in [0.1, 0.15) is 0 Å². The van der Waals surface area contributed by atoms with Gasteiger partial charge in [0.2, 0.25) is 0 Å². The van der Waals surface area contributed by atoms with E-state index in [0.717, 1.165) is 6.61 Å². The normalized spacial score (nSPS) is 28.0. The summed E-state index contributed by atoms with van der Waals surface area (Å²) in [6.45, 7) is 5.58. The minimum Gasteiger partial charge on any atom is -0.384 e. The summed E-state index contributed by atoms with van der Waals surface area (Å²) in [6, 6.07) is 7.45. The van der Waals surface area contributed by atoms with E-state index in [0.29, 0.717) is 17.9 Å². The topological polar surface area (TPSA) is 28.3 Å². The highest BCUT2D eigenvalue weighted by atomic mass is 16.5. The Hall–Kier alpha value is -1.32. The number of rotatable bonds is 4. The van der Waals surface area contributed by atoms with Crippen LogP contribution in [0.15, 0.2) is 24.4 Å². The Morgan fingerprint density at radius 1 is 1.36 bits per heavy atom. The van der Waals surface area contributed by atoms with E-state index >= 15 is 0 Å². The molecule has 1 unspecified atom stereocenters. The lowest BCUT2D eigenvalue weighted by molar-refractivity contribution is 0.0428. The summed E-state index contributed by atoms with van der Waals surface area (Å²) in [6.07, 6.45) is 5.92. The molecule has 3 atom stereocenters. The number of benzene rings is 1. The van der Waals surface area contributed by atoms with E-state index in [1.807, 2.05) is 7.11 Å². The molecule has 0 spiro atoms. The molecular formula is C19H26N2O. The van der Waals surface area contributed by atoms with Crippen molar-refractivity contribution in [3.63, 3.8) is 0 Å². The molecule has 1 N–H and O–H groups in total. The zero-order valence-corrected chi connectivity index (χ0v) is 13.6. The highest BCUT2D eigenvalue weighted by Gasteiger charge is 2.40. The van der Waals surface area contributed by atoms with Crippen LogP contribution >= 0.6 is 0 Å². The lowest BCUT2D eigenvalue weighted by Gasteiger charge is -2.47. The van der Waals surface area contributed by atoms with Crippen LogP contribution in [0.3, 0.4) is 0 Å². The van der Waals surface area contributed by atoms with E-state index in [1.54, 1.807) is 5.56 Å². The summed E-state index contributed by atoms with van der Waals surface area (Å²) in [7, 11) is 1.84. The molecule has 1 aromatic carbocycles. The molecule has 3 heteroatoms. The van der Waals surface area contributed by atoms with Gasteiger partial charge in [0.15, 0.2) is 0 Å². The molecule has 1 aromatic heterocycles. The lowest BCUT2D eigenvalue weighted by Crippen LogP contribution is -2.50. The number of likely N-dealkylation sites (tertiary alicyclic amines) is 1. The summed E-state index contributed by atoms with van der Waals surface area (Å²) < 4.78 is 5.48. The Balaban J connectivity index is 1.75. The molecule has 22 heavy (non-hydrogen) atoms. The first-order valence-electron chi connectivity index (χ1n) is 8.63. The van der Waals surface area contributed by atoms with Gasteiger partial charge in [0.25, 0.3) is 0 Å². The van der Waals surface area contributed by atoms with E-state index in [2.05, 4.69) is 41.2 Å². The monoisotopic (exact) mass is 298 g/mol. The van der Waals surface area contributed by atoms with Gasteiger partial charge >= 0.3 is 0 Å². The van der Waals surface area contributed by atoms with Gasteiger partial charge in [-0.3, -0.25) is 4.90 Å². The van der Waals surface area contributed by atoms with Crippen LogP contribution in [-0.4, -0.2) is 42.7 Å². The van der Waals surface area contributed by atoms with Gasteiger partial charge in [-0.2, -0.15) is 0 Å². The van der Waals surface area contributed by atoms with Crippen LogP contribution in [0.4, 0.5) is 0 Å². The summed E-state index contributed by atoms with van der Waals surface area (Å²) in [5, 5.41) is 1.50. The molecule has 2 heterocycles. The first kappa shape index (κ1) is 14.3. The molecule has 3 nitrogen and oxygen atoms in total. The van der Waals surface area contributed by atoms with Crippen molar-refractivity contribution < 1.29 is 4.74 Å². The molecular weight excluding hydrogens is 272 g/mol. The molecule has 0 saturated carbocycles. The van der Waals surface area contributed by atoms with E-state index < -0.39 is 0 Å². The number of ether oxygens (including phenoxy) is 1. The van der Waals surface area contributed by atoms with Gasteiger partial charge in [0.05, 0.1) is 6.61 Å². The summed E-state index contributed by atoms with van der Waals surface area (Å²) in [5.41, 5.74) is 4.38. The first-order valence-corrected chi connectivity index (χ1v) is 8.63. The van der Waals surface area contributed by atoms with E-state index in [1.165, 1.54) is 48.8 Å². The van der Waals surface area contributed by atoms with Crippen LogP contribution < -0.4 is 0 Å². The van der Waals surface area contributed by atoms with Crippen LogP contribution in [-0.2, 0) is 11.2 Å². The minimum atomic E-state index is 0.660. The lowest BCUT2D eigenvalue weighted by atomic mass is 9.72. The molecule has 0 radical (unpaired) electrons. The summed E-state index contributed by atoms with van der Waals surface area (Å²) in [4.78, 5) is 6.20. The second-order valence-electron chi connectivity index (χ2n) is 7.01. The SMILES string of the molecule is CCCN1C[C@@H](COC)CC2c3cccc4[nH]cc(c34)C[C@H]21. The Bertz CT molecular complexity index is 662. The van der Waals surface area contributed by atoms with Crippen LogP contribution in [0.25, 0.3) is 10.9 Å². The molecule has 1 aliphatic heterocycles. The standard InChI is InChI=1S/C19H26N2O/c1-3-7-21-11-13(12-22-2)8-16-15-5-4-6-17-19(15)14(10-20-17)9-18(16)21/h4-6,10,13,16,18,20H,3,7-9,11-12H2,1-2H3/t13-,16?,18+/m0/s1. The van der Waals surface area contributed by atoms with Gasteiger partial charge in [-0.1, -0.05) is 19.1 Å². The largest absolute Gasteiger partial charge is 0.384 e. The fourth-order valence-electron chi connectivity index (χ4n) is 4.80. The van der Waals surface area contributed by atoms with Gasteiger partial charge in [-0.05, 0) is 48.9 Å². The highest BCUT2D eigenvalue weighted by molar-refractivity contribution is 5.88. The molecule has 4 rings (SSSR count). The van der Waals surface area contributed by atoms with Crippen molar-refractivity contribution in [2.24, 2.45) is 5.92 Å². The Kier molecular flexibility index (Phi) is 3.71. The second kappa shape index (κ2) is 5.71. The van der Waals surface area contributed by atoms with E-state index in [4.69, 9.17) is 4.74 Å². The number of methoxy groups -OCH3 is 1. The molecule has 1 saturated heterocycles. The quantitative estimate of drug-likeness (QED) is 0.935. The fourth-order valence-corrected chi connectivity index (χ4v) is 4.80. The molecule has 0 bridgehead atoms. The number of nitrogens with one attached hydrogen (secondary N) is 1. The first-order chi connectivity index (χ1) is 10.8. The highest BCUT2D eigenvalue weighted by Crippen LogP contribution is 2.44. The van der Waals surface area contributed by atoms with Crippen molar-refractivity contribution in [1.29, 1.82) is 0 Å². The van der Waals surface area contributed by atoms with Gasteiger partial charge in [-0.25, -0.2) is 0 Å². The smallest absolute Gasteiger partial charge is 0.0502 e. The average Bonchev–Trinajstić information content (AvgIpc) is 2.94. The van der Waals surface area contributed by atoms with Gasteiger partial charge in [-0.15, -0.1) is 0 Å². The Labute approximate surface area is 132 Å². The second-order valence-corrected chi connectivity index (χ2v) is 7.01. The van der Waals surface area contributed by atoms with Crippen molar-refractivity contribution in [3.8, 4) is 0 Å². The average molecular weight is 298 g/mol. The maximum Gasteiger partial charge on any atom is 0.0502 e. The fraction of sp³-hybridized carbons (Fsp3) is 0.579. The number of piperidine rings is 1. The number of hydrogen-bond acceptors (Lipinski definition) is 2. The number of nitrogens with zero attached hydrogens (tertiary/aromatic N) is 1. The van der Waals surface area contributed by atoms with Crippen LogP contribution in [0.5, 0.6) is 0 Å². The zero-order valence-electron chi connectivity index (χ0n) is 13.6. The van der Waals surface area contributed by atoms with Gasteiger partial charge in [0, 0.05) is 42.7 Å². The predicted molar refractivity (Wildman–Crippen MR) is 90.4 cm³/mol. The third-order valence-corrected chi connectivity index (χ3v) is 5.57. The number of H-pyrrole nitrogens is 1.